The van der Waals surface area contributed by atoms with Gasteiger partial charge in [-0.1, -0.05) is 6.58 Å². The summed E-state index contributed by atoms with van der Waals surface area (Å²) in [7, 11) is 0. The fourth-order valence-electron chi connectivity index (χ4n) is 0.320. The van der Waals surface area contributed by atoms with Gasteiger partial charge < -0.3 is 10.2 Å². The minimum atomic E-state index is -0.626. The lowest BCUT2D eigenvalue weighted by molar-refractivity contribution is 0.0973. The quantitative estimate of drug-likeness (QED) is 0.697. The molecule has 0 saturated carbocycles. The van der Waals surface area contributed by atoms with Gasteiger partial charge >= 0.3 is 0 Å². The second-order valence-corrected chi connectivity index (χ2v) is 3.08. The molecular weight excluding hydrogens is 219 g/mol. The van der Waals surface area contributed by atoms with Gasteiger partial charge in [0.05, 0.1) is 12.7 Å². The van der Waals surface area contributed by atoms with Gasteiger partial charge in [0.15, 0.2) is 0 Å². The number of halogens is 1. The number of aliphatic hydroxyl groups is 2. The van der Waals surface area contributed by atoms with Crippen LogP contribution in [0.25, 0.3) is 0 Å². The average Bonchev–Trinajstić information content (AvgIpc) is 1.65. The molecule has 48 valence electrons. The lowest BCUT2D eigenvalue weighted by Crippen LogP contribution is -2.10. The molecule has 0 aromatic carbocycles. The van der Waals surface area contributed by atoms with Crippen LogP contribution in [0.4, 0.5) is 0 Å². The van der Waals surface area contributed by atoms with E-state index >= 15 is 0 Å². The first-order valence-electron chi connectivity index (χ1n) is 2.29. The summed E-state index contributed by atoms with van der Waals surface area (Å²) >= 11 is 2.02. The Hall–Kier alpha value is 0.390. The Labute approximate surface area is 62.4 Å². The fraction of sp³-hybridized carbons (Fsp3) is 0.600. The Morgan fingerprint density at radius 1 is 1.75 bits per heavy atom. The summed E-state index contributed by atoms with van der Waals surface area (Å²) in [6.07, 6.45) is -0.142. The number of aliphatic hydroxyl groups excluding tert-OH is 2. The van der Waals surface area contributed by atoms with Crippen LogP contribution in [0.3, 0.4) is 0 Å². The normalized spacial score (nSPS) is 13.4. The predicted octanol–water partition coefficient (Wildman–Crippen LogP) is 0.678. The van der Waals surface area contributed by atoms with Gasteiger partial charge in [-0.2, -0.15) is 0 Å². The lowest BCUT2D eigenvalue weighted by Gasteiger charge is -2.02. The second-order valence-electron chi connectivity index (χ2n) is 1.56. The molecule has 0 fully saturated rings. The Morgan fingerprint density at radius 2 is 2.25 bits per heavy atom. The van der Waals surface area contributed by atoms with E-state index in [1.165, 1.54) is 0 Å². The summed E-state index contributed by atoms with van der Waals surface area (Å²) < 4.78 is 0.865. The molecule has 0 amide bonds. The van der Waals surface area contributed by atoms with Crippen LogP contribution in [0, 0.1) is 0 Å². The lowest BCUT2D eigenvalue weighted by atomic mass is 10.3. The van der Waals surface area contributed by atoms with Crippen LogP contribution in [-0.4, -0.2) is 22.9 Å². The minimum Gasteiger partial charge on any atom is -0.394 e. The molecular formula is C5H9IO2. The van der Waals surface area contributed by atoms with Crippen molar-refractivity contribution in [3.8, 4) is 0 Å². The molecule has 3 heteroatoms. The molecule has 0 radical (unpaired) electrons. The first kappa shape index (κ1) is 8.39. The summed E-state index contributed by atoms with van der Waals surface area (Å²) in [4.78, 5) is 0. The third kappa shape index (κ3) is 4.55. The van der Waals surface area contributed by atoms with Gasteiger partial charge in [0.25, 0.3) is 0 Å². The highest BCUT2D eigenvalue weighted by molar-refractivity contribution is 14.1. The third-order valence-corrected chi connectivity index (χ3v) is 1.11. The zero-order chi connectivity index (χ0) is 6.57. The number of rotatable bonds is 3. The topological polar surface area (TPSA) is 40.5 Å². The van der Waals surface area contributed by atoms with Gasteiger partial charge in [0, 0.05) is 6.42 Å². The number of hydrogen-bond acceptors (Lipinski definition) is 2. The van der Waals surface area contributed by atoms with Gasteiger partial charge in [0.1, 0.15) is 0 Å². The molecule has 0 aromatic rings. The summed E-state index contributed by atoms with van der Waals surface area (Å²) in [5, 5.41) is 17.0. The van der Waals surface area contributed by atoms with Crippen molar-refractivity contribution in [3.05, 3.63) is 10.2 Å². The monoisotopic (exact) mass is 228 g/mol. The van der Waals surface area contributed by atoms with Crippen LogP contribution in [0.1, 0.15) is 6.42 Å². The molecule has 1 atom stereocenters. The standard InChI is InChI=1S/C5H9IO2/c1-4(6)2-5(8)3-7/h5,7-8H,1-3H2/t5-/m1/s1. The van der Waals surface area contributed by atoms with E-state index in [1.54, 1.807) is 0 Å². The molecule has 0 aliphatic carbocycles. The molecule has 0 saturated heterocycles. The Balaban J connectivity index is 3.24. The van der Waals surface area contributed by atoms with E-state index in [0.29, 0.717) is 6.42 Å². The van der Waals surface area contributed by atoms with Crippen LogP contribution in [-0.2, 0) is 0 Å². The molecule has 0 unspecified atom stereocenters. The van der Waals surface area contributed by atoms with E-state index < -0.39 is 6.10 Å². The van der Waals surface area contributed by atoms with E-state index in [4.69, 9.17) is 10.2 Å². The average molecular weight is 228 g/mol. The highest BCUT2D eigenvalue weighted by atomic mass is 127. The summed E-state index contributed by atoms with van der Waals surface area (Å²) in [5.41, 5.74) is 0. The van der Waals surface area contributed by atoms with E-state index in [2.05, 4.69) is 6.58 Å². The van der Waals surface area contributed by atoms with E-state index in [-0.39, 0.29) is 6.61 Å². The van der Waals surface area contributed by atoms with Crippen molar-refractivity contribution in [1.82, 2.24) is 0 Å². The van der Waals surface area contributed by atoms with Crippen LogP contribution in [0.5, 0.6) is 0 Å². The Bertz CT molecular complexity index is 82.5. The SMILES string of the molecule is C=C(I)C[C@@H](O)CO. The third-order valence-electron chi connectivity index (χ3n) is 0.668. The largest absolute Gasteiger partial charge is 0.394 e. The van der Waals surface area contributed by atoms with Gasteiger partial charge in [-0.15, -0.1) is 0 Å². The predicted molar refractivity (Wildman–Crippen MR) is 40.9 cm³/mol. The van der Waals surface area contributed by atoms with Crippen LogP contribution in [0.2, 0.25) is 0 Å². The van der Waals surface area contributed by atoms with Crippen molar-refractivity contribution < 1.29 is 10.2 Å². The Kier molecular flexibility index (Phi) is 4.50. The smallest absolute Gasteiger partial charge is 0.0815 e. The molecule has 0 aromatic heterocycles. The highest BCUT2D eigenvalue weighted by Gasteiger charge is 2.00. The van der Waals surface area contributed by atoms with Crippen molar-refractivity contribution in [1.29, 1.82) is 0 Å². The molecule has 0 aliphatic heterocycles. The first-order chi connectivity index (χ1) is 3.66. The zero-order valence-corrected chi connectivity index (χ0v) is 6.63. The molecule has 2 nitrogen and oxygen atoms in total. The zero-order valence-electron chi connectivity index (χ0n) is 4.47. The Morgan fingerprint density at radius 3 is 2.38 bits per heavy atom. The maximum Gasteiger partial charge on any atom is 0.0815 e. The van der Waals surface area contributed by atoms with Crippen molar-refractivity contribution in [2.75, 3.05) is 6.61 Å². The van der Waals surface area contributed by atoms with Crippen molar-refractivity contribution in [3.63, 3.8) is 0 Å². The number of hydrogen-bond donors (Lipinski definition) is 2. The van der Waals surface area contributed by atoms with Crippen molar-refractivity contribution in [2.24, 2.45) is 0 Å². The van der Waals surface area contributed by atoms with Crippen LogP contribution < -0.4 is 0 Å². The van der Waals surface area contributed by atoms with Crippen molar-refractivity contribution >= 4 is 22.6 Å². The summed E-state index contributed by atoms with van der Waals surface area (Å²) in [6.45, 7) is 3.38. The minimum absolute atomic E-state index is 0.179. The van der Waals surface area contributed by atoms with Crippen LogP contribution >= 0.6 is 22.6 Å². The van der Waals surface area contributed by atoms with Crippen molar-refractivity contribution in [2.45, 2.75) is 12.5 Å². The molecule has 0 heterocycles. The molecule has 0 aliphatic rings. The van der Waals surface area contributed by atoms with E-state index in [0.717, 1.165) is 3.58 Å². The van der Waals surface area contributed by atoms with E-state index in [9.17, 15) is 0 Å². The fourth-order valence-corrected chi connectivity index (χ4v) is 0.829. The maximum atomic E-state index is 8.71. The van der Waals surface area contributed by atoms with Gasteiger partial charge in [-0.25, -0.2) is 0 Å². The molecule has 0 spiro atoms. The van der Waals surface area contributed by atoms with Gasteiger partial charge in [-0.05, 0) is 26.2 Å². The van der Waals surface area contributed by atoms with Gasteiger partial charge in [-0.3, -0.25) is 0 Å². The second kappa shape index (κ2) is 4.29. The first-order valence-corrected chi connectivity index (χ1v) is 3.37. The van der Waals surface area contributed by atoms with Crippen LogP contribution in [0.15, 0.2) is 10.2 Å². The summed E-state index contributed by atoms with van der Waals surface area (Å²) in [5.74, 6) is 0. The highest BCUT2D eigenvalue weighted by Crippen LogP contribution is 2.09. The maximum absolute atomic E-state index is 8.71. The molecule has 8 heavy (non-hydrogen) atoms. The summed E-state index contributed by atoms with van der Waals surface area (Å²) in [6, 6.07) is 0. The van der Waals surface area contributed by atoms with E-state index in [1.807, 2.05) is 22.6 Å². The molecule has 2 N–H and O–H groups in total. The molecule has 0 rings (SSSR count). The van der Waals surface area contributed by atoms with Gasteiger partial charge in [0.2, 0.25) is 0 Å². The molecule has 0 bridgehead atoms.